The molecule has 1 aromatic heterocycles. The lowest BCUT2D eigenvalue weighted by atomic mass is 10.1. The molecule has 0 saturated heterocycles. The van der Waals surface area contributed by atoms with Crippen molar-refractivity contribution in [1.29, 1.82) is 0 Å². The summed E-state index contributed by atoms with van der Waals surface area (Å²) in [5.41, 5.74) is 3.67. The van der Waals surface area contributed by atoms with Gasteiger partial charge in [0.25, 0.3) is 0 Å². The van der Waals surface area contributed by atoms with Gasteiger partial charge in [-0.05, 0) is 58.3 Å². The third-order valence-electron chi connectivity index (χ3n) is 5.15. The van der Waals surface area contributed by atoms with E-state index < -0.39 is 32.4 Å². The molecular formula is C25H36N6O2. The van der Waals surface area contributed by atoms with Crippen LogP contribution in [0.25, 0.3) is 0 Å². The highest BCUT2D eigenvalue weighted by Gasteiger charge is 2.20. The number of nitrogens with one attached hydrogen (secondary N) is 2. The number of carbonyl (C=O) groups is 2. The number of hydrogen-bond donors (Lipinski definition) is 2. The monoisotopic (exact) mass is 458 g/mol. The zero-order valence-corrected chi connectivity index (χ0v) is 19.6. The van der Waals surface area contributed by atoms with E-state index in [4.69, 9.17) is 8.22 Å². The molecule has 1 atom stereocenters. The van der Waals surface area contributed by atoms with Crippen LogP contribution >= 0.6 is 0 Å². The van der Waals surface area contributed by atoms with Crippen molar-refractivity contribution in [2.45, 2.75) is 39.7 Å². The fraction of sp³-hybridized carbons (Fsp3) is 0.440. The van der Waals surface area contributed by atoms with E-state index >= 15 is 0 Å². The molecule has 0 bridgehead atoms. The average Bonchev–Trinajstić information content (AvgIpc) is 2.84. The molecule has 1 aromatic carbocycles. The van der Waals surface area contributed by atoms with E-state index in [9.17, 15) is 9.59 Å². The van der Waals surface area contributed by atoms with Gasteiger partial charge in [0, 0.05) is 40.1 Å². The van der Waals surface area contributed by atoms with Crippen molar-refractivity contribution in [3.8, 4) is 0 Å². The summed E-state index contributed by atoms with van der Waals surface area (Å²) >= 11 is 0. The van der Waals surface area contributed by atoms with Crippen molar-refractivity contribution in [3.05, 3.63) is 59.6 Å². The summed E-state index contributed by atoms with van der Waals surface area (Å²) in [6.45, 7) is -0.300. The molecule has 0 radical (unpaired) electrons. The Labute approximate surface area is 205 Å². The van der Waals surface area contributed by atoms with Crippen LogP contribution < -0.4 is 10.6 Å². The highest BCUT2D eigenvalue weighted by Crippen LogP contribution is 2.17. The van der Waals surface area contributed by atoms with Crippen molar-refractivity contribution < 1.29 is 17.8 Å². The van der Waals surface area contributed by atoms with Gasteiger partial charge in [-0.2, -0.15) is 0 Å². The van der Waals surface area contributed by atoms with Crippen LogP contribution in [0.2, 0.25) is 0 Å². The summed E-state index contributed by atoms with van der Waals surface area (Å²) in [7, 11) is 1.44. The lowest BCUT2D eigenvalue weighted by molar-refractivity contribution is -0.135. The Morgan fingerprint density at radius 1 is 1.30 bits per heavy atom. The van der Waals surface area contributed by atoms with Crippen molar-refractivity contribution in [1.82, 2.24) is 25.1 Å². The zero-order valence-electron chi connectivity index (χ0n) is 25.6. The van der Waals surface area contributed by atoms with E-state index in [1.807, 2.05) is 38.1 Å². The van der Waals surface area contributed by atoms with Crippen LogP contribution in [0.5, 0.6) is 0 Å². The molecule has 8 nitrogen and oxygen atoms in total. The summed E-state index contributed by atoms with van der Waals surface area (Å²) in [4.78, 5) is 35.5. The number of nitrogens with zero attached hydrogens (tertiary/aromatic N) is 4. The minimum Gasteiger partial charge on any atom is -0.354 e. The molecule has 1 heterocycles. The molecular weight excluding hydrogens is 416 g/mol. The molecule has 2 amide bonds. The number of amides is 2. The highest BCUT2D eigenvalue weighted by molar-refractivity contribution is 5.92. The van der Waals surface area contributed by atoms with Gasteiger partial charge in [-0.25, -0.2) is 4.98 Å². The molecule has 2 rings (SSSR count). The maximum Gasteiger partial charge on any atom is 0.246 e. The molecule has 8 heteroatoms. The van der Waals surface area contributed by atoms with Crippen LogP contribution in [0.4, 0.5) is 11.5 Å². The van der Waals surface area contributed by atoms with Crippen molar-refractivity contribution in [2.75, 3.05) is 39.4 Å². The molecule has 2 N–H and O–H groups in total. The highest BCUT2D eigenvalue weighted by atomic mass is 16.2. The summed E-state index contributed by atoms with van der Waals surface area (Å²) in [6.07, 6.45) is 5.30. The SMILES string of the molecule is [2H]C([2H])([2H])N(C/C=C/C(=O)N(C)[C@@H](C)C(=O)NCCc1cccc(Nc2cnc(CC)c(C)n2)c1)C([2H])([2H])[2H]. The number of anilines is 2. The van der Waals surface area contributed by atoms with E-state index in [-0.39, 0.29) is 5.91 Å². The van der Waals surface area contributed by atoms with E-state index in [0.29, 0.717) is 23.7 Å². The molecule has 0 unspecified atom stereocenters. The third kappa shape index (κ3) is 8.31. The van der Waals surface area contributed by atoms with Gasteiger partial charge in [-0.1, -0.05) is 25.1 Å². The van der Waals surface area contributed by atoms with Crippen LogP contribution in [0.15, 0.2) is 42.6 Å². The van der Waals surface area contributed by atoms with Crippen molar-refractivity contribution >= 4 is 23.3 Å². The fourth-order valence-corrected chi connectivity index (χ4v) is 3.09. The molecule has 0 fully saturated rings. The van der Waals surface area contributed by atoms with Crippen LogP contribution in [0.1, 0.15) is 39.0 Å². The first-order valence-electron chi connectivity index (χ1n) is 13.8. The second-order valence-electron chi connectivity index (χ2n) is 7.65. The Morgan fingerprint density at radius 2 is 2.09 bits per heavy atom. The summed E-state index contributed by atoms with van der Waals surface area (Å²) < 4.78 is 44.1. The van der Waals surface area contributed by atoms with Crippen LogP contribution in [0, 0.1) is 6.92 Å². The van der Waals surface area contributed by atoms with E-state index in [0.717, 1.165) is 41.2 Å². The van der Waals surface area contributed by atoms with E-state index in [2.05, 4.69) is 20.6 Å². The minimum atomic E-state index is -2.85. The molecule has 0 aliphatic rings. The Balaban J connectivity index is 1.88. The Morgan fingerprint density at radius 3 is 2.79 bits per heavy atom. The smallest absolute Gasteiger partial charge is 0.246 e. The summed E-state index contributed by atoms with van der Waals surface area (Å²) in [5, 5.41) is 6.06. The molecule has 0 aliphatic heterocycles. The van der Waals surface area contributed by atoms with Crippen LogP contribution in [-0.4, -0.2) is 71.7 Å². The van der Waals surface area contributed by atoms with Gasteiger partial charge < -0.3 is 20.4 Å². The van der Waals surface area contributed by atoms with Gasteiger partial charge in [0.15, 0.2) is 0 Å². The Kier molecular flexibility index (Phi) is 7.00. The second-order valence-corrected chi connectivity index (χ2v) is 7.65. The largest absolute Gasteiger partial charge is 0.354 e. The van der Waals surface area contributed by atoms with Crippen molar-refractivity contribution in [2.24, 2.45) is 0 Å². The fourth-order valence-electron chi connectivity index (χ4n) is 3.09. The van der Waals surface area contributed by atoms with Gasteiger partial charge in [0.2, 0.25) is 11.8 Å². The Hall–Kier alpha value is -3.26. The van der Waals surface area contributed by atoms with Gasteiger partial charge in [0.1, 0.15) is 11.9 Å². The predicted molar refractivity (Wildman–Crippen MR) is 133 cm³/mol. The number of hydrogen-bond acceptors (Lipinski definition) is 6. The maximum atomic E-state index is 12.6. The molecule has 0 saturated carbocycles. The molecule has 0 aliphatic carbocycles. The molecule has 2 aromatic rings. The van der Waals surface area contributed by atoms with E-state index in [1.54, 1.807) is 13.1 Å². The number of aromatic nitrogens is 2. The lowest BCUT2D eigenvalue weighted by Crippen LogP contribution is -2.45. The number of rotatable bonds is 11. The third-order valence-corrected chi connectivity index (χ3v) is 5.15. The predicted octanol–water partition coefficient (Wildman–Crippen LogP) is 2.71. The summed E-state index contributed by atoms with van der Waals surface area (Å²) in [6, 6.07) is 6.92. The standard InChI is InChI=1S/C25H36N6O2/c1-7-22-18(2)28-23(17-27-22)29-21-11-8-10-20(16-21)13-14-26-25(33)19(3)31(6)24(32)12-9-15-30(4)5/h8-12,16-17,19H,7,13-15H2,1-6H3,(H,26,33)(H,28,29)/b12-9+/t19-/m0/s1/i4D3,5D3. The number of carbonyl (C=O) groups excluding carboxylic acids is 2. The first kappa shape index (κ1) is 18.2. The van der Waals surface area contributed by atoms with Crippen molar-refractivity contribution in [3.63, 3.8) is 0 Å². The number of likely N-dealkylation sites (N-methyl/N-ethyl adjacent to an activating group) is 2. The topological polar surface area (TPSA) is 90.5 Å². The number of benzene rings is 1. The quantitative estimate of drug-likeness (QED) is 0.503. The lowest BCUT2D eigenvalue weighted by Gasteiger charge is -2.23. The van der Waals surface area contributed by atoms with Gasteiger partial charge in [0.05, 0.1) is 17.6 Å². The number of aryl methyl sites for hydroxylation is 2. The van der Waals surface area contributed by atoms with Gasteiger partial charge in [-0.3, -0.25) is 14.6 Å². The minimum absolute atomic E-state index is 0.334. The summed E-state index contributed by atoms with van der Waals surface area (Å²) in [5.74, 6) is -0.269. The van der Waals surface area contributed by atoms with E-state index in [1.165, 1.54) is 11.9 Å². The molecule has 33 heavy (non-hydrogen) atoms. The molecule has 178 valence electrons. The maximum absolute atomic E-state index is 12.6. The normalized spacial score (nSPS) is 15.5. The average molecular weight is 459 g/mol. The van der Waals surface area contributed by atoms with Gasteiger partial charge in [-0.15, -0.1) is 0 Å². The zero-order chi connectivity index (χ0) is 29.4. The second kappa shape index (κ2) is 12.7. The first-order chi connectivity index (χ1) is 18.1. The Bertz CT molecular complexity index is 1150. The van der Waals surface area contributed by atoms with Gasteiger partial charge >= 0.3 is 0 Å². The first-order valence-corrected chi connectivity index (χ1v) is 10.8. The molecule has 0 spiro atoms. The van der Waals surface area contributed by atoms with Crippen LogP contribution in [0.3, 0.4) is 0 Å². The van der Waals surface area contributed by atoms with Crippen LogP contribution in [-0.2, 0) is 22.4 Å².